The van der Waals surface area contributed by atoms with Crippen molar-refractivity contribution in [2.24, 2.45) is 0 Å². The second kappa shape index (κ2) is 7.13. The van der Waals surface area contributed by atoms with Gasteiger partial charge in [-0.1, -0.05) is 65.5 Å². The first-order chi connectivity index (χ1) is 8.81. The van der Waals surface area contributed by atoms with Gasteiger partial charge in [0.15, 0.2) is 0 Å². The molecular formula is C17H23Br. The lowest BCUT2D eigenvalue weighted by atomic mass is 9.84. The summed E-state index contributed by atoms with van der Waals surface area (Å²) < 4.78 is 0. The van der Waals surface area contributed by atoms with Gasteiger partial charge in [0.05, 0.1) is 0 Å². The van der Waals surface area contributed by atoms with Gasteiger partial charge in [0.1, 0.15) is 0 Å². The largest absolute Gasteiger partial charge is 0.0925 e. The Morgan fingerprint density at radius 2 is 1.83 bits per heavy atom. The van der Waals surface area contributed by atoms with E-state index >= 15 is 0 Å². The molecule has 0 radical (unpaired) electrons. The highest BCUT2D eigenvalue weighted by Crippen LogP contribution is 2.33. The van der Waals surface area contributed by atoms with Crippen LogP contribution < -0.4 is 0 Å². The number of allylic oxidation sites excluding steroid dienone is 2. The third-order valence-electron chi connectivity index (χ3n) is 4.00. The van der Waals surface area contributed by atoms with Gasteiger partial charge in [-0.2, -0.15) is 0 Å². The number of benzene rings is 1. The van der Waals surface area contributed by atoms with Crippen LogP contribution in [0.3, 0.4) is 0 Å². The van der Waals surface area contributed by atoms with Crippen LogP contribution in [0.5, 0.6) is 0 Å². The lowest BCUT2D eigenvalue weighted by Crippen LogP contribution is -2.04. The van der Waals surface area contributed by atoms with Gasteiger partial charge in [0, 0.05) is 5.33 Å². The minimum Gasteiger partial charge on any atom is -0.0925 e. The normalized spacial score (nSPS) is 18.0. The molecular weight excluding hydrogens is 284 g/mol. The molecule has 1 aliphatic rings. The van der Waals surface area contributed by atoms with Crippen molar-refractivity contribution in [1.82, 2.24) is 0 Å². The molecule has 1 fully saturated rings. The SMILES string of the molecule is C/C(=C\CCBr)c1ccc(C2CCCCC2)cc1. The van der Waals surface area contributed by atoms with Crippen molar-refractivity contribution in [3.05, 3.63) is 41.5 Å². The van der Waals surface area contributed by atoms with Crippen LogP contribution in [-0.2, 0) is 0 Å². The summed E-state index contributed by atoms with van der Waals surface area (Å²) in [7, 11) is 0. The fraction of sp³-hybridized carbons (Fsp3) is 0.529. The third kappa shape index (κ3) is 3.71. The summed E-state index contributed by atoms with van der Waals surface area (Å²) in [6, 6.07) is 9.28. The van der Waals surface area contributed by atoms with Gasteiger partial charge in [-0.05, 0) is 48.8 Å². The van der Waals surface area contributed by atoms with E-state index in [2.05, 4.69) is 53.2 Å². The molecule has 0 spiro atoms. The maximum atomic E-state index is 3.47. The number of hydrogen-bond donors (Lipinski definition) is 0. The lowest BCUT2D eigenvalue weighted by molar-refractivity contribution is 0.443. The fourth-order valence-electron chi connectivity index (χ4n) is 2.84. The minimum absolute atomic E-state index is 0.819. The van der Waals surface area contributed by atoms with Crippen LogP contribution in [0.4, 0.5) is 0 Å². The molecule has 1 aromatic carbocycles. The van der Waals surface area contributed by atoms with E-state index in [0.717, 1.165) is 17.7 Å². The molecule has 0 saturated heterocycles. The summed E-state index contributed by atoms with van der Waals surface area (Å²) in [6.45, 7) is 2.21. The molecule has 0 N–H and O–H groups in total. The van der Waals surface area contributed by atoms with E-state index in [1.807, 2.05) is 0 Å². The molecule has 0 atom stereocenters. The number of halogens is 1. The summed E-state index contributed by atoms with van der Waals surface area (Å²) in [5, 5.41) is 1.05. The molecule has 0 aromatic heterocycles. The first-order valence-corrected chi connectivity index (χ1v) is 8.26. The molecule has 0 unspecified atom stereocenters. The zero-order valence-electron chi connectivity index (χ0n) is 11.3. The Hall–Kier alpha value is -0.560. The predicted molar refractivity (Wildman–Crippen MR) is 84.3 cm³/mol. The van der Waals surface area contributed by atoms with E-state index in [1.54, 1.807) is 5.56 Å². The predicted octanol–water partition coefficient (Wildman–Crippen LogP) is 5.92. The van der Waals surface area contributed by atoms with Gasteiger partial charge in [0.2, 0.25) is 0 Å². The Labute approximate surface area is 120 Å². The molecule has 0 amide bonds. The molecule has 1 heteroatoms. The molecule has 18 heavy (non-hydrogen) atoms. The summed E-state index contributed by atoms with van der Waals surface area (Å²) in [5.41, 5.74) is 4.31. The van der Waals surface area contributed by atoms with Crippen LogP contribution in [0.1, 0.15) is 62.5 Å². The van der Waals surface area contributed by atoms with Crippen molar-refractivity contribution in [3.63, 3.8) is 0 Å². The average molecular weight is 307 g/mol. The molecule has 0 aliphatic heterocycles. The Morgan fingerprint density at radius 3 is 2.44 bits per heavy atom. The van der Waals surface area contributed by atoms with E-state index in [4.69, 9.17) is 0 Å². The quantitative estimate of drug-likeness (QED) is 0.605. The van der Waals surface area contributed by atoms with E-state index in [1.165, 1.54) is 43.2 Å². The monoisotopic (exact) mass is 306 g/mol. The van der Waals surface area contributed by atoms with E-state index < -0.39 is 0 Å². The standard InChI is InChI=1S/C17H23Br/c1-14(6-5-13-18)15-9-11-17(12-10-15)16-7-3-2-4-8-16/h6,9-12,16H,2-5,7-8,13H2,1H3/b14-6+. The number of alkyl halides is 1. The van der Waals surface area contributed by atoms with Gasteiger partial charge in [0.25, 0.3) is 0 Å². The molecule has 0 bridgehead atoms. The lowest BCUT2D eigenvalue weighted by Gasteiger charge is -2.22. The Kier molecular flexibility index (Phi) is 5.49. The van der Waals surface area contributed by atoms with E-state index in [-0.39, 0.29) is 0 Å². The van der Waals surface area contributed by atoms with Crippen LogP contribution in [0.15, 0.2) is 30.3 Å². The Bertz CT molecular complexity index is 383. The maximum Gasteiger partial charge on any atom is 0.00661 e. The van der Waals surface area contributed by atoms with Gasteiger partial charge >= 0.3 is 0 Å². The van der Waals surface area contributed by atoms with Gasteiger partial charge < -0.3 is 0 Å². The average Bonchev–Trinajstić information content (AvgIpc) is 2.46. The highest BCUT2D eigenvalue weighted by molar-refractivity contribution is 9.09. The summed E-state index contributed by atoms with van der Waals surface area (Å²) >= 11 is 3.47. The molecule has 1 saturated carbocycles. The summed E-state index contributed by atoms with van der Waals surface area (Å²) in [5.74, 6) is 0.819. The number of hydrogen-bond acceptors (Lipinski definition) is 0. The van der Waals surface area contributed by atoms with Crippen molar-refractivity contribution >= 4 is 21.5 Å². The highest BCUT2D eigenvalue weighted by Gasteiger charge is 2.14. The minimum atomic E-state index is 0.819. The van der Waals surface area contributed by atoms with E-state index in [0.29, 0.717) is 0 Å². The molecule has 1 aromatic rings. The van der Waals surface area contributed by atoms with Gasteiger partial charge in [-0.3, -0.25) is 0 Å². The highest BCUT2D eigenvalue weighted by atomic mass is 79.9. The second-order valence-electron chi connectivity index (χ2n) is 5.32. The van der Waals surface area contributed by atoms with Gasteiger partial charge in [-0.15, -0.1) is 0 Å². The van der Waals surface area contributed by atoms with Crippen LogP contribution >= 0.6 is 15.9 Å². The summed E-state index contributed by atoms with van der Waals surface area (Å²) in [4.78, 5) is 0. The van der Waals surface area contributed by atoms with Crippen molar-refractivity contribution in [2.45, 2.75) is 51.4 Å². The van der Waals surface area contributed by atoms with Crippen LogP contribution in [0.2, 0.25) is 0 Å². The topological polar surface area (TPSA) is 0 Å². The first-order valence-electron chi connectivity index (χ1n) is 7.14. The second-order valence-corrected chi connectivity index (χ2v) is 6.11. The molecule has 98 valence electrons. The van der Waals surface area contributed by atoms with Crippen molar-refractivity contribution in [3.8, 4) is 0 Å². The van der Waals surface area contributed by atoms with E-state index in [9.17, 15) is 0 Å². The van der Waals surface area contributed by atoms with Crippen LogP contribution in [-0.4, -0.2) is 5.33 Å². The Balaban J connectivity index is 2.04. The van der Waals surface area contributed by atoms with Crippen molar-refractivity contribution in [1.29, 1.82) is 0 Å². The fourth-order valence-corrected chi connectivity index (χ4v) is 3.07. The van der Waals surface area contributed by atoms with Crippen molar-refractivity contribution in [2.75, 3.05) is 5.33 Å². The Morgan fingerprint density at radius 1 is 1.17 bits per heavy atom. The van der Waals surface area contributed by atoms with Gasteiger partial charge in [-0.25, -0.2) is 0 Å². The molecule has 2 rings (SSSR count). The molecule has 1 aliphatic carbocycles. The van der Waals surface area contributed by atoms with Crippen LogP contribution in [0, 0.1) is 0 Å². The maximum absolute atomic E-state index is 3.47. The van der Waals surface area contributed by atoms with Crippen LogP contribution in [0.25, 0.3) is 5.57 Å². The van der Waals surface area contributed by atoms with Crippen molar-refractivity contribution < 1.29 is 0 Å². The zero-order valence-corrected chi connectivity index (χ0v) is 12.9. The molecule has 0 nitrogen and oxygen atoms in total. The first kappa shape index (κ1) is 13.9. The molecule has 0 heterocycles. The summed E-state index contributed by atoms with van der Waals surface area (Å²) in [6.07, 6.45) is 10.5. The smallest absolute Gasteiger partial charge is 0.00661 e. The third-order valence-corrected chi connectivity index (χ3v) is 4.46. The number of rotatable bonds is 4. The zero-order chi connectivity index (χ0) is 12.8.